The number of allylic oxidation sites excluding steroid dienone is 2. The Bertz CT molecular complexity index is 1170. The van der Waals surface area contributed by atoms with Crippen LogP contribution in [0.15, 0.2) is 40.0 Å². The summed E-state index contributed by atoms with van der Waals surface area (Å²) in [6.07, 6.45) is 5.90. The Morgan fingerprint density at radius 3 is 2.84 bits per heavy atom. The van der Waals surface area contributed by atoms with Gasteiger partial charge in [0.1, 0.15) is 11.2 Å². The average Bonchev–Trinajstić information content (AvgIpc) is 3.12. The highest BCUT2D eigenvalue weighted by Gasteiger charge is 2.22. The molecular formula is C22H27N7O2. The molecule has 0 atom stereocenters. The van der Waals surface area contributed by atoms with Gasteiger partial charge in [-0.3, -0.25) is 4.79 Å². The molecule has 4 heterocycles. The van der Waals surface area contributed by atoms with E-state index < -0.39 is 0 Å². The number of hydrogen-bond acceptors (Lipinski definition) is 7. The summed E-state index contributed by atoms with van der Waals surface area (Å²) >= 11 is 0. The third-order valence-corrected chi connectivity index (χ3v) is 5.61. The summed E-state index contributed by atoms with van der Waals surface area (Å²) in [6.45, 7) is 10.7. The molecule has 9 heteroatoms. The van der Waals surface area contributed by atoms with E-state index in [1.165, 1.54) is 0 Å². The Morgan fingerprint density at radius 1 is 1.42 bits per heavy atom. The van der Waals surface area contributed by atoms with Crippen molar-refractivity contribution in [2.75, 3.05) is 18.2 Å². The van der Waals surface area contributed by atoms with Crippen LogP contribution in [0.25, 0.3) is 11.0 Å². The van der Waals surface area contributed by atoms with Gasteiger partial charge in [0, 0.05) is 38.2 Å². The van der Waals surface area contributed by atoms with E-state index in [0.29, 0.717) is 48.0 Å². The van der Waals surface area contributed by atoms with Crippen LogP contribution < -0.4 is 10.6 Å². The number of hydrogen-bond donors (Lipinski definition) is 1. The van der Waals surface area contributed by atoms with Gasteiger partial charge < -0.3 is 9.72 Å². The predicted molar refractivity (Wildman–Crippen MR) is 120 cm³/mol. The molecule has 0 saturated carbocycles. The molecule has 0 spiro atoms. The third-order valence-electron chi connectivity index (χ3n) is 5.61. The summed E-state index contributed by atoms with van der Waals surface area (Å²) in [7, 11) is 0. The van der Waals surface area contributed by atoms with E-state index >= 15 is 0 Å². The molecule has 0 aliphatic carbocycles. The van der Waals surface area contributed by atoms with Crippen LogP contribution in [0.2, 0.25) is 0 Å². The fourth-order valence-electron chi connectivity index (χ4n) is 3.85. The maximum atomic E-state index is 12.8. The first kappa shape index (κ1) is 20.9. The minimum atomic E-state index is -0.161. The number of aryl methyl sites for hydroxylation is 1. The maximum Gasteiger partial charge on any atom is 0.262 e. The second-order valence-electron chi connectivity index (χ2n) is 7.67. The molecule has 162 valence electrons. The van der Waals surface area contributed by atoms with Crippen molar-refractivity contribution in [3.8, 4) is 0 Å². The number of aromatic nitrogens is 5. The topological polar surface area (TPSA) is 101 Å². The molecule has 1 aliphatic rings. The number of ether oxygens (including phenoxy) is 1. The molecule has 0 amide bonds. The van der Waals surface area contributed by atoms with Crippen LogP contribution in [0.3, 0.4) is 0 Å². The lowest BCUT2D eigenvalue weighted by Gasteiger charge is -2.22. The molecule has 4 rings (SSSR count). The zero-order chi connectivity index (χ0) is 22.0. The molecule has 3 aromatic rings. The number of nitrogens with one attached hydrogen (secondary N) is 1. The average molecular weight is 422 g/mol. The molecule has 1 N–H and O–H groups in total. The second-order valence-corrected chi connectivity index (χ2v) is 7.67. The van der Waals surface area contributed by atoms with Crippen molar-refractivity contribution >= 4 is 23.6 Å². The zero-order valence-electron chi connectivity index (χ0n) is 18.1. The quantitative estimate of drug-likeness (QED) is 0.485. The first-order chi connectivity index (χ1) is 15.0. The fraction of sp³-hybridized carbons (Fsp3) is 0.409. The highest BCUT2D eigenvalue weighted by Crippen LogP contribution is 2.25. The Balaban J connectivity index is 1.64. The zero-order valence-corrected chi connectivity index (χ0v) is 18.1. The summed E-state index contributed by atoms with van der Waals surface area (Å²) < 4.78 is 7.37. The largest absolute Gasteiger partial charge is 0.381 e. The van der Waals surface area contributed by atoms with Crippen molar-refractivity contribution in [3.63, 3.8) is 0 Å². The van der Waals surface area contributed by atoms with Gasteiger partial charge in [-0.15, -0.1) is 0 Å². The smallest absolute Gasteiger partial charge is 0.262 e. The van der Waals surface area contributed by atoms with Crippen molar-refractivity contribution in [1.82, 2.24) is 24.7 Å². The molecule has 31 heavy (non-hydrogen) atoms. The van der Waals surface area contributed by atoms with Crippen molar-refractivity contribution in [1.29, 1.82) is 0 Å². The van der Waals surface area contributed by atoms with Crippen LogP contribution in [-0.4, -0.2) is 44.7 Å². The van der Waals surface area contributed by atoms with Crippen LogP contribution in [0.1, 0.15) is 49.8 Å². The van der Waals surface area contributed by atoms with Gasteiger partial charge in [0.15, 0.2) is 11.5 Å². The van der Waals surface area contributed by atoms with E-state index in [9.17, 15) is 4.79 Å². The van der Waals surface area contributed by atoms with Gasteiger partial charge >= 0.3 is 0 Å². The lowest BCUT2D eigenvalue weighted by Crippen LogP contribution is -2.21. The molecule has 1 aliphatic heterocycles. The number of hydrazone groups is 1. The summed E-state index contributed by atoms with van der Waals surface area (Å²) in [4.78, 5) is 25.0. The molecular weight excluding hydrogens is 394 g/mol. The number of rotatable bonds is 6. The van der Waals surface area contributed by atoms with Crippen LogP contribution in [-0.2, 0) is 11.2 Å². The molecule has 0 bridgehead atoms. The van der Waals surface area contributed by atoms with E-state index in [4.69, 9.17) is 9.72 Å². The summed E-state index contributed by atoms with van der Waals surface area (Å²) in [5, 5.41) is 10.9. The van der Waals surface area contributed by atoms with Gasteiger partial charge in [0.05, 0.1) is 11.7 Å². The molecule has 0 unspecified atom stereocenters. The lowest BCUT2D eigenvalue weighted by atomic mass is 10.1. The molecule has 3 aromatic heterocycles. The second kappa shape index (κ2) is 8.81. The third kappa shape index (κ3) is 4.13. The van der Waals surface area contributed by atoms with Crippen LogP contribution in [0, 0.1) is 6.92 Å². The number of H-pyrrole nitrogens is 1. The molecule has 1 saturated heterocycles. The van der Waals surface area contributed by atoms with Crippen molar-refractivity contribution < 1.29 is 4.74 Å². The SMILES string of the molecule is C=NN(/C(C)=C\C)c1ccc(Cc2nc3c(c(C)nn3C3CCOCC3)c(=O)[nH]2)cn1. The Morgan fingerprint density at radius 2 is 2.19 bits per heavy atom. The number of anilines is 1. The van der Waals surface area contributed by atoms with Crippen LogP contribution >= 0.6 is 0 Å². The van der Waals surface area contributed by atoms with Crippen LogP contribution in [0.5, 0.6) is 0 Å². The maximum absolute atomic E-state index is 12.8. The van der Waals surface area contributed by atoms with Gasteiger partial charge in [0.25, 0.3) is 5.56 Å². The van der Waals surface area contributed by atoms with E-state index in [2.05, 4.69) is 26.9 Å². The number of nitrogens with zero attached hydrogens (tertiary/aromatic N) is 6. The van der Waals surface area contributed by atoms with Crippen LogP contribution in [0.4, 0.5) is 5.82 Å². The molecule has 9 nitrogen and oxygen atoms in total. The molecule has 1 fully saturated rings. The standard InChI is InChI=1S/C22H27N7O2/c1-5-14(2)28(23-4)19-7-6-16(13-24-19)12-18-25-21-20(22(30)26-18)15(3)27-29(21)17-8-10-31-11-9-17/h5-7,13,17H,4,8-12H2,1-3H3,(H,25,26,30)/b14-5-. The number of aromatic amines is 1. The first-order valence-corrected chi connectivity index (χ1v) is 10.4. The van der Waals surface area contributed by atoms with E-state index in [1.807, 2.05) is 43.7 Å². The predicted octanol–water partition coefficient (Wildman–Crippen LogP) is 3.11. The van der Waals surface area contributed by atoms with Crippen molar-refractivity contribution in [2.45, 2.75) is 46.1 Å². The molecule has 0 radical (unpaired) electrons. The minimum absolute atomic E-state index is 0.161. The summed E-state index contributed by atoms with van der Waals surface area (Å²) in [5.74, 6) is 1.27. The minimum Gasteiger partial charge on any atom is -0.381 e. The van der Waals surface area contributed by atoms with Gasteiger partial charge in [-0.2, -0.15) is 10.2 Å². The van der Waals surface area contributed by atoms with E-state index in [-0.39, 0.29) is 11.6 Å². The van der Waals surface area contributed by atoms with Gasteiger partial charge in [-0.05, 0) is 45.2 Å². The monoisotopic (exact) mass is 421 g/mol. The highest BCUT2D eigenvalue weighted by molar-refractivity contribution is 5.77. The van der Waals surface area contributed by atoms with E-state index in [0.717, 1.165) is 24.1 Å². The summed E-state index contributed by atoms with van der Waals surface area (Å²) in [6, 6.07) is 4.03. The van der Waals surface area contributed by atoms with Crippen molar-refractivity contribution in [3.05, 3.63) is 57.5 Å². The Hall–Kier alpha value is -3.33. The van der Waals surface area contributed by atoms with Gasteiger partial charge in [0.2, 0.25) is 0 Å². The summed E-state index contributed by atoms with van der Waals surface area (Å²) in [5.41, 5.74) is 3.04. The van der Waals surface area contributed by atoms with Gasteiger partial charge in [-0.25, -0.2) is 19.7 Å². The van der Waals surface area contributed by atoms with Gasteiger partial charge in [-0.1, -0.05) is 12.1 Å². The van der Waals surface area contributed by atoms with E-state index in [1.54, 1.807) is 11.2 Å². The fourth-order valence-corrected chi connectivity index (χ4v) is 3.85. The normalized spacial score (nSPS) is 15.4. The lowest BCUT2D eigenvalue weighted by molar-refractivity contribution is 0.0672. The Labute approximate surface area is 180 Å². The highest BCUT2D eigenvalue weighted by atomic mass is 16.5. The van der Waals surface area contributed by atoms with Crippen molar-refractivity contribution in [2.24, 2.45) is 5.10 Å². The number of pyridine rings is 1. The molecule has 0 aromatic carbocycles. The Kier molecular flexibility index (Phi) is 5.94. The number of fused-ring (bicyclic) bond motifs is 1. The first-order valence-electron chi connectivity index (χ1n) is 10.4.